The Bertz CT molecular complexity index is 1090. The second kappa shape index (κ2) is 9.13. The van der Waals surface area contributed by atoms with Gasteiger partial charge in [0.2, 0.25) is 10.0 Å². The number of nitrogens with one attached hydrogen (secondary N) is 1. The Morgan fingerprint density at radius 2 is 1.53 bits per heavy atom. The van der Waals surface area contributed by atoms with Crippen LogP contribution in [0, 0.1) is 6.92 Å². The molecule has 5 nitrogen and oxygen atoms in total. The Labute approximate surface area is 178 Å². The van der Waals surface area contributed by atoms with Crippen LogP contribution in [0.15, 0.2) is 78.9 Å². The monoisotopic (exact) mass is 422 g/mol. The van der Waals surface area contributed by atoms with Crippen molar-refractivity contribution in [3.05, 3.63) is 101 Å². The van der Waals surface area contributed by atoms with Crippen molar-refractivity contribution in [3.8, 4) is 0 Å². The summed E-state index contributed by atoms with van der Waals surface area (Å²) in [7, 11) is -3.44. The van der Waals surface area contributed by atoms with E-state index in [1.165, 1.54) is 16.1 Å². The molecule has 0 heterocycles. The molecule has 0 saturated heterocycles. The number of nitrogens with zero attached hydrogens (tertiary/aromatic N) is 1. The van der Waals surface area contributed by atoms with E-state index in [9.17, 15) is 13.2 Å². The zero-order chi connectivity index (χ0) is 21.7. The fourth-order valence-electron chi connectivity index (χ4n) is 3.14. The normalized spacial score (nSPS) is 12.2. The predicted molar refractivity (Wildman–Crippen MR) is 121 cm³/mol. The summed E-state index contributed by atoms with van der Waals surface area (Å²) in [4.78, 5) is 12.6. The van der Waals surface area contributed by atoms with Gasteiger partial charge in [-0.25, -0.2) is 8.42 Å². The minimum Gasteiger partial charge on any atom is -0.346 e. The molecule has 3 aromatic carbocycles. The van der Waals surface area contributed by atoms with Gasteiger partial charge >= 0.3 is 0 Å². The Hall–Kier alpha value is -3.12. The van der Waals surface area contributed by atoms with Crippen molar-refractivity contribution >= 4 is 21.6 Å². The van der Waals surface area contributed by atoms with Crippen molar-refractivity contribution < 1.29 is 13.2 Å². The van der Waals surface area contributed by atoms with Gasteiger partial charge in [0.15, 0.2) is 0 Å². The third-order valence-corrected chi connectivity index (χ3v) is 6.05. The lowest BCUT2D eigenvalue weighted by atomic mass is 10.1. The average Bonchev–Trinajstić information content (AvgIpc) is 2.72. The molecule has 156 valence electrons. The maximum atomic E-state index is 12.6. The highest BCUT2D eigenvalue weighted by Crippen LogP contribution is 2.20. The first-order valence-electron chi connectivity index (χ1n) is 9.73. The van der Waals surface area contributed by atoms with E-state index >= 15 is 0 Å². The van der Waals surface area contributed by atoms with Gasteiger partial charge in [0, 0.05) is 5.56 Å². The van der Waals surface area contributed by atoms with Gasteiger partial charge in [-0.15, -0.1) is 0 Å². The topological polar surface area (TPSA) is 66.5 Å². The van der Waals surface area contributed by atoms with E-state index in [0.29, 0.717) is 11.3 Å². The molecule has 0 aliphatic heterocycles. The zero-order valence-corrected chi connectivity index (χ0v) is 18.2. The van der Waals surface area contributed by atoms with E-state index in [-0.39, 0.29) is 18.5 Å². The van der Waals surface area contributed by atoms with Gasteiger partial charge in [0.1, 0.15) is 0 Å². The SMILES string of the molecule is Cc1ccc([C@H](C)NC(=O)c2ccc(CN(c3ccccc3)S(C)(=O)=O)cc2)cc1. The molecule has 3 aromatic rings. The fraction of sp³-hybridized carbons (Fsp3) is 0.208. The second-order valence-corrected chi connectivity index (χ2v) is 9.31. The van der Waals surface area contributed by atoms with Crippen molar-refractivity contribution in [2.75, 3.05) is 10.6 Å². The van der Waals surface area contributed by atoms with Crippen LogP contribution in [-0.2, 0) is 16.6 Å². The highest BCUT2D eigenvalue weighted by atomic mass is 32.2. The molecule has 0 bridgehead atoms. The molecular weight excluding hydrogens is 396 g/mol. The molecule has 30 heavy (non-hydrogen) atoms. The molecule has 0 spiro atoms. The summed E-state index contributed by atoms with van der Waals surface area (Å²) in [6, 6.07) is 23.9. The molecule has 0 aliphatic rings. The van der Waals surface area contributed by atoms with Crippen LogP contribution >= 0.6 is 0 Å². The van der Waals surface area contributed by atoms with Crippen LogP contribution in [-0.4, -0.2) is 20.6 Å². The van der Waals surface area contributed by atoms with E-state index in [0.717, 1.165) is 11.1 Å². The Morgan fingerprint density at radius 1 is 0.933 bits per heavy atom. The Morgan fingerprint density at radius 3 is 2.10 bits per heavy atom. The minimum absolute atomic E-state index is 0.114. The molecule has 3 rings (SSSR count). The summed E-state index contributed by atoms with van der Waals surface area (Å²) in [5.41, 5.74) is 4.15. The first kappa shape index (κ1) is 21.6. The van der Waals surface area contributed by atoms with Crippen LogP contribution in [0.25, 0.3) is 0 Å². The summed E-state index contributed by atoms with van der Waals surface area (Å²) in [6.07, 6.45) is 1.19. The van der Waals surface area contributed by atoms with Gasteiger partial charge in [-0.05, 0) is 49.2 Å². The number of amides is 1. The average molecular weight is 423 g/mol. The number of carbonyl (C=O) groups is 1. The number of sulfonamides is 1. The zero-order valence-electron chi connectivity index (χ0n) is 17.4. The van der Waals surface area contributed by atoms with E-state index in [1.807, 2.05) is 44.2 Å². The van der Waals surface area contributed by atoms with Crippen molar-refractivity contribution in [1.82, 2.24) is 5.32 Å². The number of rotatable bonds is 7. The molecule has 0 fully saturated rings. The number of hydrogen-bond acceptors (Lipinski definition) is 3. The molecular formula is C24H26N2O3S. The van der Waals surface area contributed by atoms with Crippen molar-refractivity contribution in [1.29, 1.82) is 0 Å². The quantitative estimate of drug-likeness (QED) is 0.612. The van der Waals surface area contributed by atoms with Crippen molar-refractivity contribution in [2.24, 2.45) is 0 Å². The predicted octanol–water partition coefficient (Wildman–Crippen LogP) is 4.45. The number of benzene rings is 3. The molecule has 0 saturated carbocycles. The van der Waals surface area contributed by atoms with Crippen LogP contribution in [0.3, 0.4) is 0 Å². The number of hydrogen-bond donors (Lipinski definition) is 1. The second-order valence-electron chi connectivity index (χ2n) is 7.41. The lowest BCUT2D eigenvalue weighted by Gasteiger charge is -2.22. The van der Waals surface area contributed by atoms with Gasteiger partial charge in [-0.1, -0.05) is 60.2 Å². The largest absolute Gasteiger partial charge is 0.346 e. The first-order chi connectivity index (χ1) is 14.2. The smallest absolute Gasteiger partial charge is 0.251 e. The first-order valence-corrected chi connectivity index (χ1v) is 11.6. The van der Waals surface area contributed by atoms with Crippen molar-refractivity contribution in [2.45, 2.75) is 26.4 Å². The molecule has 6 heteroatoms. The lowest BCUT2D eigenvalue weighted by Crippen LogP contribution is -2.29. The number of anilines is 1. The van der Waals surface area contributed by atoms with Gasteiger partial charge in [-0.2, -0.15) is 0 Å². The number of carbonyl (C=O) groups excluding carboxylic acids is 1. The fourth-order valence-corrected chi connectivity index (χ4v) is 4.03. The number of aryl methyl sites for hydroxylation is 1. The highest BCUT2D eigenvalue weighted by molar-refractivity contribution is 7.92. The van der Waals surface area contributed by atoms with E-state index < -0.39 is 10.0 Å². The Kier molecular flexibility index (Phi) is 6.57. The molecule has 0 aromatic heterocycles. The van der Waals surface area contributed by atoms with E-state index in [4.69, 9.17) is 0 Å². The van der Waals surface area contributed by atoms with E-state index in [2.05, 4.69) is 5.32 Å². The van der Waals surface area contributed by atoms with Crippen LogP contribution in [0.2, 0.25) is 0 Å². The molecule has 1 N–H and O–H groups in total. The molecule has 0 unspecified atom stereocenters. The van der Waals surface area contributed by atoms with Gasteiger partial charge in [-0.3, -0.25) is 9.10 Å². The van der Waals surface area contributed by atoms with Crippen molar-refractivity contribution in [3.63, 3.8) is 0 Å². The van der Waals surface area contributed by atoms with Crippen LogP contribution in [0.4, 0.5) is 5.69 Å². The van der Waals surface area contributed by atoms with Crippen LogP contribution in [0.5, 0.6) is 0 Å². The molecule has 1 amide bonds. The number of para-hydroxylation sites is 1. The summed E-state index contributed by atoms with van der Waals surface area (Å²) in [6.45, 7) is 4.17. The summed E-state index contributed by atoms with van der Waals surface area (Å²) in [5, 5.41) is 3.00. The van der Waals surface area contributed by atoms with Crippen LogP contribution < -0.4 is 9.62 Å². The van der Waals surface area contributed by atoms with Gasteiger partial charge in [0.05, 0.1) is 24.5 Å². The summed E-state index contributed by atoms with van der Waals surface area (Å²) < 4.78 is 25.8. The standard InChI is InChI=1S/C24H26N2O3S/c1-18-9-13-21(14-10-18)19(2)25-24(27)22-15-11-20(12-16-22)17-26(30(3,28)29)23-7-5-4-6-8-23/h4-16,19H,17H2,1-3H3,(H,25,27)/t19-/m0/s1. The van der Waals surface area contributed by atoms with Crippen LogP contribution in [0.1, 0.15) is 40.0 Å². The lowest BCUT2D eigenvalue weighted by molar-refractivity contribution is 0.0940. The molecule has 0 radical (unpaired) electrons. The molecule has 0 aliphatic carbocycles. The van der Waals surface area contributed by atoms with E-state index in [1.54, 1.807) is 48.5 Å². The minimum atomic E-state index is -3.44. The summed E-state index contributed by atoms with van der Waals surface area (Å²) in [5.74, 6) is -0.169. The maximum Gasteiger partial charge on any atom is 0.251 e. The van der Waals surface area contributed by atoms with Gasteiger partial charge in [0.25, 0.3) is 5.91 Å². The maximum absolute atomic E-state index is 12.6. The third-order valence-electron chi connectivity index (χ3n) is 4.91. The molecule has 1 atom stereocenters. The third kappa shape index (κ3) is 5.48. The highest BCUT2D eigenvalue weighted by Gasteiger charge is 2.18. The van der Waals surface area contributed by atoms with Gasteiger partial charge < -0.3 is 5.32 Å². The Balaban J connectivity index is 1.70. The summed E-state index contributed by atoms with van der Waals surface area (Å²) >= 11 is 0.